The first-order chi connectivity index (χ1) is 7.49. The van der Waals surface area contributed by atoms with Gasteiger partial charge in [0.15, 0.2) is 0 Å². The number of hydrogen-bond donors (Lipinski definition) is 3. The third-order valence-corrected chi connectivity index (χ3v) is 2.64. The van der Waals surface area contributed by atoms with Crippen molar-refractivity contribution in [3.63, 3.8) is 0 Å². The number of benzene rings is 1. The number of aromatic carboxylic acids is 1. The van der Waals surface area contributed by atoms with Crippen molar-refractivity contribution in [2.75, 3.05) is 0 Å². The van der Waals surface area contributed by atoms with E-state index in [0.29, 0.717) is 10.9 Å². The van der Waals surface area contributed by atoms with Crippen molar-refractivity contribution in [2.24, 2.45) is 0 Å². The number of aromatic amines is 1. The van der Waals surface area contributed by atoms with Gasteiger partial charge in [-0.15, -0.1) is 0 Å². The molecule has 0 saturated heterocycles. The minimum Gasteiger partial charge on any atom is -0.507 e. The van der Waals surface area contributed by atoms with Gasteiger partial charge >= 0.3 is 5.97 Å². The summed E-state index contributed by atoms with van der Waals surface area (Å²) in [6.45, 7) is 4.03. The normalized spacial score (nSPS) is 11.2. The number of carboxylic acid groups (broad SMARTS) is 1. The van der Waals surface area contributed by atoms with E-state index in [9.17, 15) is 9.90 Å². The highest BCUT2D eigenvalue weighted by molar-refractivity contribution is 5.96. The smallest absolute Gasteiger partial charge is 0.352 e. The molecule has 0 spiro atoms. The Balaban J connectivity index is 2.68. The van der Waals surface area contributed by atoms with Crippen LogP contribution in [0.5, 0.6) is 5.75 Å². The van der Waals surface area contributed by atoms with Gasteiger partial charge in [-0.1, -0.05) is 13.8 Å². The molecule has 2 rings (SSSR count). The maximum atomic E-state index is 10.8. The number of rotatable bonds is 2. The summed E-state index contributed by atoms with van der Waals surface area (Å²) in [5, 5.41) is 19.2. The van der Waals surface area contributed by atoms with Gasteiger partial charge in [0.1, 0.15) is 11.4 Å². The Bertz CT molecular complexity index is 555. The fourth-order valence-electron chi connectivity index (χ4n) is 1.69. The number of fused-ring (bicyclic) bond motifs is 1. The highest BCUT2D eigenvalue weighted by Crippen LogP contribution is 2.30. The first-order valence-corrected chi connectivity index (χ1v) is 5.08. The molecule has 0 aliphatic carbocycles. The van der Waals surface area contributed by atoms with E-state index < -0.39 is 5.97 Å². The van der Waals surface area contributed by atoms with E-state index in [4.69, 9.17) is 5.11 Å². The van der Waals surface area contributed by atoms with Crippen molar-refractivity contribution < 1.29 is 15.0 Å². The molecule has 3 N–H and O–H groups in total. The first-order valence-electron chi connectivity index (χ1n) is 5.08. The summed E-state index contributed by atoms with van der Waals surface area (Å²) < 4.78 is 0. The summed E-state index contributed by atoms with van der Waals surface area (Å²) in [4.78, 5) is 13.6. The zero-order valence-electron chi connectivity index (χ0n) is 9.11. The molecule has 2 aromatic rings. The third-order valence-electron chi connectivity index (χ3n) is 2.64. The van der Waals surface area contributed by atoms with Crippen LogP contribution in [0.4, 0.5) is 0 Å². The van der Waals surface area contributed by atoms with E-state index in [2.05, 4.69) is 4.98 Å². The second-order valence-corrected chi connectivity index (χ2v) is 4.14. The molecule has 1 aromatic carbocycles. The van der Waals surface area contributed by atoms with Crippen LogP contribution in [0, 0.1) is 0 Å². The van der Waals surface area contributed by atoms with Crippen molar-refractivity contribution >= 4 is 16.9 Å². The van der Waals surface area contributed by atoms with Gasteiger partial charge in [0.05, 0.1) is 5.52 Å². The molecule has 0 amide bonds. The molecule has 0 bridgehead atoms. The lowest BCUT2D eigenvalue weighted by Crippen LogP contribution is -1.94. The largest absolute Gasteiger partial charge is 0.507 e. The van der Waals surface area contributed by atoms with E-state index in [1.54, 1.807) is 6.07 Å². The van der Waals surface area contributed by atoms with Crippen LogP contribution >= 0.6 is 0 Å². The van der Waals surface area contributed by atoms with Crippen molar-refractivity contribution in [1.82, 2.24) is 4.98 Å². The quantitative estimate of drug-likeness (QED) is 0.727. The summed E-state index contributed by atoms with van der Waals surface area (Å²) in [6, 6.07) is 4.98. The van der Waals surface area contributed by atoms with Crippen LogP contribution in [-0.4, -0.2) is 21.2 Å². The topological polar surface area (TPSA) is 73.3 Å². The Labute approximate surface area is 92.5 Å². The molecule has 1 aromatic heterocycles. The number of aromatic nitrogens is 1. The standard InChI is InChI=1S/C12H13NO3/c1-6(2)7-3-9-8(11(14)4-7)5-10(13-9)12(15)16/h3-6,13-14H,1-2H3,(H,15,16). The molecular weight excluding hydrogens is 206 g/mol. The minimum atomic E-state index is -1.03. The predicted molar refractivity (Wildman–Crippen MR) is 61.0 cm³/mol. The van der Waals surface area contributed by atoms with Crippen LogP contribution in [0.25, 0.3) is 10.9 Å². The summed E-state index contributed by atoms with van der Waals surface area (Å²) in [5.74, 6) is -0.626. The molecule has 0 atom stereocenters. The number of aromatic hydroxyl groups is 1. The lowest BCUT2D eigenvalue weighted by molar-refractivity contribution is 0.0691. The van der Waals surface area contributed by atoms with Gasteiger partial charge in [-0.05, 0) is 29.7 Å². The third kappa shape index (κ3) is 1.62. The summed E-state index contributed by atoms with van der Waals surface area (Å²) >= 11 is 0. The van der Waals surface area contributed by atoms with E-state index >= 15 is 0 Å². The summed E-state index contributed by atoms with van der Waals surface area (Å²) in [7, 11) is 0. The first kappa shape index (κ1) is 10.5. The summed E-state index contributed by atoms with van der Waals surface area (Å²) in [6.07, 6.45) is 0. The molecule has 0 unspecified atom stereocenters. The van der Waals surface area contributed by atoms with Gasteiger partial charge in [0, 0.05) is 5.39 Å². The van der Waals surface area contributed by atoms with E-state index in [1.165, 1.54) is 6.07 Å². The minimum absolute atomic E-state index is 0.0891. The van der Waals surface area contributed by atoms with Gasteiger partial charge in [-0.25, -0.2) is 4.79 Å². The van der Waals surface area contributed by atoms with Gasteiger partial charge in [0.25, 0.3) is 0 Å². The Morgan fingerprint density at radius 2 is 2.00 bits per heavy atom. The SMILES string of the molecule is CC(C)c1cc(O)c2cc(C(=O)O)[nH]c2c1. The molecular formula is C12H13NO3. The Hall–Kier alpha value is -1.97. The van der Waals surface area contributed by atoms with Crippen LogP contribution in [0.3, 0.4) is 0 Å². The van der Waals surface area contributed by atoms with Gasteiger partial charge in [-0.3, -0.25) is 0 Å². The molecule has 0 aliphatic rings. The van der Waals surface area contributed by atoms with Crippen LogP contribution in [-0.2, 0) is 0 Å². The van der Waals surface area contributed by atoms with E-state index in [1.807, 2.05) is 19.9 Å². The molecule has 0 saturated carbocycles. The molecule has 0 fully saturated rings. The van der Waals surface area contributed by atoms with Gasteiger partial charge < -0.3 is 15.2 Å². The molecule has 4 nitrogen and oxygen atoms in total. The Morgan fingerprint density at radius 1 is 1.31 bits per heavy atom. The van der Waals surface area contributed by atoms with Crippen molar-refractivity contribution in [2.45, 2.75) is 19.8 Å². The average molecular weight is 219 g/mol. The van der Waals surface area contributed by atoms with Crippen molar-refractivity contribution in [1.29, 1.82) is 0 Å². The van der Waals surface area contributed by atoms with Gasteiger partial charge in [-0.2, -0.15) is 0 Å². The molecule has 0 aliphatic heterocycles. The number of nitrogens with one attached hydrogen (secondary N) is 1. The number of H-pyrrole nitrogens is 1. The van der Waals surface area contributed by atoms with Crippen molar-refractivity contribution in [3.05, 3.63) is 29.5 Å². The lowest BCUT2D eigenvalue weighted by atomic mass is 10.0. The second kappa shape index (κ2) is 3.56. The number of carbonyl (C=O) groups is 1. The molecule has 0 radical (unpaired) electrons. The van der Waals surface area contributed by atoms with Crippen LogP contribution in [0.1, 0.15) is 35.8 Å². The van der Waals surface area contributed by atoms with E-state index in [0.717, 1.165) is 5.56 Å². The second-order valence-electron chi connectivity index (χ2n) is 4.14. The fourth-order valence-corrected chi connectivity index (χ4v) is 1.69. The highest BCUT2D eigenvalue weighted by Gasteiger charge is 2.12. The maximum absolute atomic E-state index is 10.8. The van der Waals surface area contributed by atoms with Crippen LogP contribution in [0.2, 0.25) is 0 Å². The number of carboxylic acids is 1. The molecule has 4 heteroatoms. The Kier molecular flexibility index (Phi) is 2.34. The number of phenols is 1. The van der Waals surface area contributed by atoms with Gasteiger partial charge in [0.2, 0.25) is 0 Å². The van der Waals surface area contributed by atoms with Crippen molar-refractivity contribution in [3.8, 4) is 5.75 Å². The number of hydrogen-bond acceptors (Lipinski definition) is 2. The summed E-state index contributed by atoms with van der Waals surface area (Å²) in [5.41, 5.74) is 1.72. The van der Waals surface area contributed by atoms with E-state index in [-0.39, 0.29) is 17.4 Å². The number of phenolic OH excluding ortho intramolecular Hbond substituents is 1. The predicted octanol–water partition coefficient (Wildman–Crippen LogP) is 2.70. The Morgan fingerprint density at radius 3 is 2.56 bits per heavy atom. The lowest BCUT2D eigenvalue weighted by Gasteiger charge is -2.06. The average Bonchev–Trinajstić information content (AvgIpc) is 2.61. The zero-order valence-corrected chi connectivity index (χ0v) is 9.11. The maximum Gasteiger partial charge on any atom is 0.352 e. The van der Waals surface area contributed by atoms with Crippen LogP contribution < -0.4 is 0 Å². The fraction of sp³-hybridized carbons (Fsp3) is 0.250. The molecule has 1 heterocycles. The monoisotopic (exact) mass is 219 g/mol. The van der Waals surface area contributed by atoms with Crippen LogP contribution in [0.15, 0.2) is 18.2 Å². The molecule has 84 valence electrons. The zero-order chi connectivity index (χ0) is 11.9. The highest BCUT2D eigenvalue weighted by atomic mass is 16.4. The molecule has 16 heavy (non-hydrogen) atoms.